The number of hydrogen-bond acceptors (Lipinski definition) is 4. The maximum absolute atomic E-state index is 12.5. The summed E-state index contributed by atoms with van der Waals surface area (Å²) in [6, 6.07) is 6.79. The molecule has 0 amide bonds. The molecule has 0 aromatic heterocycles. The molecule has 1 fully saturated rings. The summed E-state index contributed by atoms with van der Waals surface area (Å²) in [5.74, 6) is -1.03. The standard InChI is InChI=1S/C19H28N2O3/c1-19(2,3)15-7-5-14(6-8-15)17(22)13-16(18(23)24)21-11-9-20(4)10-12-21/h5-8,16H,9-13H2,1-4H3,(H,23,24). The molecule has 132 valence electrons. The third-order valence-electron chi connectivity index (χ3n) is 4.72. The van der Waals surface area contributed by atoms with E-state index in [2.05, 4.69) is 25.7 Å². The van der Waals surface area contributed by atoms with E-state index in [9.17, 15) is 14.7 Å². The van der Waals surface area contributed by atoms with Gasteiger partial charge in [0.1, 0.15) is 6.04 Å². The highest BCUT2D eigenvalue weighted by Gasteiger charge is 2.30. The Morgan fingerprint density at radius 1 is 1.08 bits per heavy atom. The minimum atomic E-state index is -0.917. The Morgan fingerprint density at radius 2 is 1.62 bits per heavy atom. The van der Waals surface area contributed by atoms with Crippen LogP contribution >= 0.6 is 0 Å². The van der Waals surface area contributed by atoms with Crippen LogP contribution in [0.1, 0.15) is 43.1 Å². The van der Waals surface area contributed by atoms with E-state index in [0.717, 1.165) is 18.7 Å². The number of aliphatic carboxylic acids is 1. The van der Waals surface area contributed by atoms with Crippen LogP contribution in [0, 0.1) is 0 Å². The third kappa shape index (κ3) is 4.65. The molecule has 1 aromatic rings. The van der Waals surface area contributed by atoms with Gasteiger partial charge in [0.25, 0.3) is 0 Å². The molecule has 0 radical (unpaired) electrons. The van der Waals surface area contributed by atoms with Crippen molar-refractivity contribution in [2.45, 2.75) is 38.6 Å². The molecule has 0 bridgehead atoms. The largest absolute Gasteiger partial charge is 0.480 e. The second-order valence-corrected chi connectivity index (χ2v) is 7.65. The average molecular weight is 332 g/mol. The van der Waals surface area contributed by atoms with E-state index in [1.807, 2.05) is 36.2 Å². The second kappa shape index (κ2) is 7.45. The van der Waals surface area contributed by atoms with E-state index in [1.54, 1.807) is 0 Å². The Labute approximate surface area is 144 Å². The summed E-state index contributed by atoms with van der Waals surface area (Å²) in [7, 11) is 2.02. The van der Waals surface area contributed by atoms with Gasteiger partial charge in [-0.3, -0.25) is 14.5 Å². The van der Waals surface area contributed by atoms with Crippen LogP contribution in [0.15, 0.2) is 24.3 Å². The summed E-state index contributed by atoms with van der Waals surface area (Å²) < 4.78 is 0. The first kappa shape index (κ1) is 18.6. The number of rotatable bonds is 5. The SMILES string of the molecule is CN1CCN(C(CC(=O)c2ccc(C(C)(C)C)cc2)C(=O)O)CC1. The van der Waals surface area contributed by atoms with Crippen LogP contribution in [-0.2, 0) is 10.2 Å². The predicted molar refractivity (Wildman–Crippen MR) is 94.6 cm³/mol. The number of carboxylic acids is 1. The van der Waals surface area contributed by atoms with Crippen molar-refractivity contribution in [2.24, 2.45) is 0 Å². The Kier molecular flexibility index (Phi) is 5.78. The van der Waals surface area contributed by atoms with Crippen molar-refractivity contribution < 1.29 is 14.7 Å². The minimum Gasteiger partial charge on any atom is -0.480 e. The molecular formula is C19H28N2O3. The minimum absolute atomic E-state index is 0.0217. The molecule has 1 N–H and O–H groups in total. The van der Waals surface area contributed by atoms with Gasteiger partial charge in [-0.15, -0.1) is 0 Å². The molecule has 1 unspecified atom stereocenters. The fourth-order valence-corrected chi connectivity index (χ4v) is 2.96. The fraction of sp³-hybridized carbons (Fsp3) is 0.579. The van der Waals surface area contributed by atoms with Crippen LogP contribution in [0.2, 0.25) is 0 Å². The van der Waals surface area contributed by atoms with Gasteiger partial charge in [-0.05, 0) is 18.0 Å². The van der Waals surface area contributed by atoms with Gasteiger partial charge in [0.05, 0.1) is 0 Å². The molecule has 1 aromatic carbocycles. The lowest BCUT2D eigenvalue weighted by Crippen LogP contribution is -2.52. The van der Waals surface area contributed by atoms with Gasteiger partial charge in [-0.1, -0.05) is 45.0 Å². The van der Waals surface area contributed by atoms with Crippen molar-refractivity contribution >= 4 is 11.8 Å². The molecule has 1 aliphatic rings. The molecule has 0 saturated carbocycles. The highest BCUT2D eigenvalue weighted by Crippen LogP contribution is 2.23. The van der Waals surface area contributed by atoms with Crippen molar-refractivity contribution in [1.29, 1.82) is 0 Å². The van der Waals surface area contributed by atoms with Crippen LogP contribution in [0.25, 0.3) is 0 Å². The third-order valence-corrected chi connectivity index (χ3v) is 4.72. The molecule has 24 heavy (non-hydrogen) atoms. The zero-order valence-corrected chi connectivity index (χ0v) is 15.1. The van der Waals surface area contributed by atoms with Crippen LogP contribution in [0.3, 0.4) is 0 Å². The van der Waals surface area contributed by atoms with Crippen LogP contribution in [0.5, 0.6) is 0 Å². The van der Waals surface area contributed by atoms with E-state index < -0.39 is 12.0 Å². The van der Waals surface area contributed by atoms with Gasteiger partial charge >= 0.3 is 5.97 Å². The number of ketones is 1. The van der Waals surface area contributed by atoms with Crippen molar-refractivity contribution in [2.75, 3.05) is 33.2 Å². The predicted octanol–water partition coefficient (Wildman–Crippen LogP) is 2.26. The molecule has 5 nitrogen and oxygen atoms in total. The summed E-state index contributed by atoms with van der Waals surface area (Å²) in [6.07, 6.45) is 0.0217. The summed E-state index contributed by atoms with van der Waals surface area (Å²) >= 11 is 0. The quantitative estimate of drug-likeness (QED) is 0.838. The van der Waals surface area contributed by atoms with Gasteiger partial charge in [0.2, 0.25) is 0 Å². The van der Waals surface area contributed by atoms with Crippen molar-refractivity contribution in [3.63, 3.8) is 0 Å². The normalized spacial score (nSPS) is 18.3. The van der Waals surface area contributed by atoms with Crippen LogP contribution in [-0.4, -0.2) is 65.9 Å². The van der Waals surface area contributed by atoms with E-state index in [0.29, 0.717) is 18.7 Å². The Morgan fingerprint density at radius 3 is 2.08 bits per heavy atom. The monoisotopic (exact) mass is 332 g/mol. The number of benzene rings is 1. The van der Waals surface area contributed by atoms with E-state index in [1.165, 1.54) is 0 Å². The fourth-order valence-electron chi connectivity index (χ4n) is 2.96. The lowest BCUT2D eigenvalue weighted by molar-refractivity contribution is -0.143. The summed E-state index contributed by atoms with van der Waals surface area (Å²) in [4.78, 5) is 28.2. The number of nitrogens with zero attached hydrogens (tertiary/aromatic N) is 2. The molecule has 1 atom stereocenters. The van der Waals surface area contributed by atoms with Gasteiger partial charge in [0.15, 0.2) is 5.78 Å². The Bertz CT molecular complexity index is 582. The first-order chi connectivity index (χ1) is 11.2. The number of piperazine rings is 1. The molecule has 0 spiro atoms. The molecule has 1 saturated heterocycles. The molecule has 1 aliphatic heterocycles. The number of carbonyl (C=O) groups is 2. The van der Waals surface area contributed by atoms with Crippen molar-refractivity contribution in [3.8, 4) is 0 Å². The zero-order valence-electron chi connectivity index (χ0n) is 15.1. The second-order valence-electron chi connectivity index (χ2n) is 7.65. The van der Waals surface area contributed by atoms with Crippen LogP contribution in [0.4, 0.5) is 0 Å². The first-order valence-corrected chi connectivity index (χ1v) is 8.47. The lowest BCUT2D eigenvalue weighted by Gasteiger charge is -2.35. The molecule has 2 rings (SSSR count). The summed E-state index contributed by atoms with van der Waals surface area (Å²) in [6.45, 7) is 9.40. The molecule has 5 heteroatoms. The van der Waals surface area contributed by atoms with E-state index in [4.69, 9.17) is 0 Å². The highest BCUT2D eigenvalue weighted by molar-refractivity contribution is 5.98. The average Bonchev–Trinajstić information content (AvgIpc) is 2.52. The van der Waals surface area contributed by atoms with Gasteiger partial charge in [0, 0.05) is 38.2 Å². The maximum atomic E-state index is 12.5. The Balaban J connectivity index is 2.06. The number of carbonyl (C=O) groups excluding carboxylic acids is 1. The highest BCUT2D eigenvalue weighted by atomic mass is 16.4. The lowest BCUT2D eigenvalue weighted by atomic mass is 9.86. The van der Waals surface area contributed by atoms with Crippen molar-refractivity contribution in [1.82, 2.24) is 9.80 Å². The van der Waals surface area contributed by atoms with Crippen molar-refractivity contribution in [3.05, 3.63) is 35.4 Å². The number of carboxylic acid groups (broad SMARTS) is 1. The number of hydrogen-bond donors (Lipinski definition) is 1. The summed E-state index contributed by atoms with van der Waals surface area (Å²) in [5.41, 5.74) is 1.78. The molecule has 0 aliphatic carbocycles. The topological polar surface area (TPSA) is 60.9 Å². The maximum Gasteiger partial charge on any atom is 0.321 e. The first-order valence-electron chi connectivity index (χ1n) is 8.47. The van der Waals surface area contributed by atoms with E-state index in [-0.39, 0.29) is 17.6 Å². The molecular weight excluding hydrogens is 304 g/mol. The number of likely N-dealkylation sites (N-methyl/N-ethyl adjacent to an activating group) is 1. The van der Waals surface area contributed by atoms with Gasteiger partial charge in [-0.2, -0.15) is 0 Å². The number of Topliss-reactive ketones (excluding diaryl/α,β-unsaturated/α-hetero) is 1. The Hall–Kier alpha value is -1.72. The van der Waals surface area contributed by atoms with Gasteiger partial charge < -0.3 is 10.0 Å². The summed E-state index contributed by atoms with van der Waals surface area (Å²) in [5, 5.41) is 9.53. The molecule has 1 heterocycles. The van der Waals surface area contributed by atoms with E-state index >= 15 is 0 Å². The van der Waals surface area contributed by atoms with Crippen LogP contribution < -0.4 is 0 Å². The zero-order chi connectivity index (χ0) is 17.9. The van der Waals surface area contributed by atoms with Gasteiger partial charge in [-0.25, -0.2) is 0 Å². The smallest absolute Gasteiger partial charge is 0.321 e.